The zero-order chi connectivity index (χ0) is 20.3. The van der Waals surface area contributed by atoms with E-state index in [1.54, 1.807) is 51.4 Å². The molecule has 1 aliphatic heterocycles. The summed E-state index contributed by atoms with van der Waals surface area (Å²) in [6.45, 7) is 9.04. The largest absolute Gasteiger partial charge is 0.460 e. The molecule has 2 aromatic heterocycles. The van der Waals surface area contributed by atoms with E-state index in [9.17, 15) is 9.59 Å². The number of aromatic amines is 1. The van der Waals surface area contributed by atoms with Crippen molar-refractivity contribution >= 4 is 23.5 Å². The SMILES string of the molecule is C=CCSc1nc2c(c(=O)[nH]1)[C@@H](c1ccncc1)C(C(=O)OC(C)C)=C(C)N2. The smallest absolute Gasteiger partial charge is 0.337 e. The second-order valence-electron chi connectivity index (χ2n) is 6.56. The second kappa shape index (κ2) is 8.43. The normalized spacial score (nSPS) is 15.8. The Kier molecular flexibility index (Phi) is 5.99. The summed E-state index contributed by atoms with van der Waals surface area (Å²) < 4.78 is 5.44. The summed E-state index contributed by atoms with van der Waals surface area (Å²) in [6, 6.07) is 3.57. The molecule has 8 heteroatoms. The molecule has 1 aliphatic rings. The highest BCUT2D eigenvalue weighted by atomic mass is 32.2. The minimum Gasteiger partial charge on any atom is -0.460 e. The van der Waals surface area contributed by atoms with Gasteiger partial charge in [-0.1, -0.05) is 17.8 Å². The van der Waals surface area contributed by atoms with Crippen molar-refractivity contribution in [2.75, 3.05) is 11.1 Å². The lowest BCUT2D eigenvalue weighted by atomic mass is 9.83. The van der Waals surface area contributed by atoms with E-state index < -0.39 is 11.9 Å². The average Bonchev–Trinajstić information content (AvgIpc) is 2.65. The molecular formula is C20H22N4O3S. The zero-order valence-electron chi connectivity index (χ0n) is 16.0. The predicted octanol–water partition coefficient (Wildman–Crippen LogP) is 3.23. The molecule has 28 heavy (non-hydrogen) atoms. The van der Waals surface area contributed by atoms with Crippen molar-refractivity contribution in [3.8, 4) is 0 Å². The van der Waals surface area contributed by atoms with Crippen LogP contribution >= 0.6 is 11.8 Å². The van der Waals surface area contributed by atoms with Crippen LogP contribution in [0.3, 0.4) is 0 Å². The Labute approximate surface area is 167 Å². The fraction of sp³-hybridized carbons (Fsp3) is 0.300. The van der Waals surface area contributed by atoms with Crippen LogP contribution in [0.15, 0.2) is 58.4 Å². The molecule has 2 N–H and O–H groups in total. The van der Waals surface area contributed by atoms with Crippen LogP contribution in [0, 0.1) is 0 Å². The summed E-state index contributed by atoms with van der Waals surface area (Å²) >= 11 is 1.38. The monoisotopic (exact) mass is 398 g/mol. The van der Waals surface area contributed by atoms with Crippen molar-refractivity contribution < 1.29 is 9.53 Å². The van der Waals surface area contributed by atoms with Gasteiger partial charge in [0.25, 0.3) is 5.56 Å². The molecule has 146 valence electrons. The Morgan fingerprint density at radius 2 is 2.11 bits per heavy atom. The number of pyridine rings is 1. The van der Waals surface area contributed by atoms with E-state index in [4.69, 9.17) is 4.74 Å². The first-order chi connectivity index (χ1) is 13.4. The van der Waals surface area contributed by atoms with Crippen LogP contribution < -0.4 is 10.9 Å². The van der Waals surface area contributed by atoms with Crippen LogP contribution in [0.4, 0.5) is 5.82 Å². The maximum atomic E-state index is 13.0. The highest BCUT2D eigenvalue weighted by Gasteiger charge is 2.36. The molecule has 7 nitrogen and oxygen atoms in total. The summed E-state index contributed by atoms with van der Waals surface area (Å²) in [5.41, 5.74) is 1.86. The van der Waals surface area contributed by atoms with Gasteiger partial charge in [-0.3, -0.25) is 9.78 Å². The third-order valence-corrected chi connectivity index (χ3v) is 5.03. The lowest BCUT2D eigenvalue weighted by Crippen LogP contribution is -2.31. The first kappa shape index (κ1) is 19.9. The lowest BCUT2D eigenvalue weighted by molar-refractivity contribution is -0.143. The van der Waals surface area contributed by atoms with Gasteiger partial charge in [-0.05, 0) is 38.5 Å². The Morgan fingerprint density at radius 1 is 1.39 bits per heavy atom. The molecule has 0 bridgehead atoms. The van der Waals surface area contributed by atoms with Crippen molar-refractivity contribution in [1.82, 2.24) is 15.0 Å². The van der Waals surface area contributed by atoms with Gasteiger partial charge in [0.15, 0.2) is 5.16 Å². The van der Waals surface area contributed by atoms with Gasteiger partial charge in [0, 0.05) is 23.8 Å². The minimum absolute atomic E-state index is 0.277. The maximum absolute atomic E-state index is 13.0. The lowest BCUT2D eigenvalue weighted by Gasteiger charge is -2.29. The number of ether oxygens (including phenoxy) is 1. The molecule has 0 spiro atoms. The molecule has 3 rings (SSSR count). The Hall–Kier alpha value is -2.87. The number of rotatable bonds is 6. The summed E-state index contributed by atoms with van der Waals surface area (Å²) in [5, 5.41) is 3.61. The molecule has 0 aromatic carbocycles. The zero-order valence-corrected chi connectivity index (χ0v) is 16.8. The van der Waals surface area contributed by atoms with Crippen LogP contribution in [0.5, 0.6) is 0 Å². The standard InChI is InChI=1S/C20H22N4O3S/c1-5-10-28-20-23-17-16(18(25)24-20)15(13-6-8-21-9-7-13)14(12(4)22-17)19(26)27-11(2)3/h5-9,11,15H,1,10H2,2-4H3,(H2,22,23,24,25)/t15-/m0/s1. The van der Waals surface area contributed by atoms with Crippen molar-refractivity contribution in [3.05, 3.63) is 69.9 Å². The number of H-pyrrole nitrogens is 1. The fourth-order valence-corrected chi connectivity index (χ4v) is 3.67. The summed E-state index contributed by atoms with van der Waals surface area (Å²) in [5.74, 6) is 0.00364. The number of nitrogens with zero attached hydrogens (tertiary/aromatic N) is 2. The number of hydrogen-bond donors (Lipinski definition) is 2. The van der Waals surface area contributed by atoms with Crippen LogP contribution in [-0.2, 0) is 9.53 Å². The highest BCUT2D eigenvalue weighted by Crippen LogP contribution is 2.39. The first-order valence-electron chi connectivity index (χ1n) is 8.89. The van der Waals surface area contributed by atoms with E-state index in [-0.39, 0.29) is 11.7 Å². The molecular weight excluding hydrogens is 376 g/mol. The third kappa shape index (κ3) is 4.01. The van der Waals surface area contributed by atoms with Crippen LogP contribution in [0.25, 0.3) is 0 Å². The summed E-state index contributed by atoms with van der Waals surface area (Å²) in [7, 11) is 0. The second-order valence-corrected chi connectivity index (χ2v) is 7.57. The molecule has 0 saturated heterocycles. The summed E-state index contributed by atoms with van der Waals surface area (Å²) in [4.78, 5) is 37.2. The highest BCUT2D eigenvalue weighted by molar-refractivity contribution is 7.99. The number of thioether (sulfide) groups is 1. The van der Waals surface area contributed by atoms with Gasteiger partial charge in [0.2, 0.25) is 0 Å². The van der Waals surface area contributed by atoms with Gasteiger partial charge < -0.3 is 15.0 Å². The topological polar surface area (TPSA) is 97.0 Å². The van der Waals surface area contributed by atoms with Crippen LogP contribution in [-0.4, -0.2) is 32.8 Å². The van der Waals surface area contributed by atoms with Gasteiger partial charge in [0.05, 0.1) is 23.2 Å². The number of nitrogens with one attached hydrogen (secondary N) is 2. The number of allylic oxidation sites excluding steroid dienone is 1. The van der Waals surface area contributed by atoms with E-state index in [0.29, 0.717) is 33.6 Å². The maximum Gasteiger partial charge on any atom is 0.337 e. The van der Waals surface area contributed by atoms with Gasteiger partial charge in [-0.2, -0.15) is 0 Å². The van der Waals surface area contributed by atoms with Crippen LogP contribution in [0.2, 0.25) is 0 Å². The van der Waals surface area contributed by atoms with E-state index >= 15 is 0 Å². The molecule has 0 fully saturated rings. The number of aromatic nitrogens is 3. The Bertz CT molecular complexity index is 983. The van der Waals surface area contributed by atoms with Gasteiger partial charge in [-0.15, -0.1) is 6.58 Å². The molecule has 3 heterocycles. The van der Waals surface area contributed by atoms with E-state index in [1.807, 2.05) is 0 Å². The van der Waals surface area contributed by atoms with E-state index in [1.165, 1.54) is 11.8 Å². The van der Waals surface area contributed by atoms with Gasteiger partial charge in [-0.25, -0.2) is 9.78 Å². The van der Waals surface area contributed by atoms with E-state index in [0.717, 1.165) is 5.56 Å². The molecule has 1 atom stereocenters. The Morgan fingerprint density at radius 3 is 2.75 bits per heavy atom. The molecule has 0 amide bonds. The predicted molar refractivity (Wildman–Crippen MR) is 109 cm³/mol. The summed E-state index contributed by atoms with van der Waals surface area (Å²) in [6.07, 6.45) is 4.73. The molecule has 0 aliphatic carbocycles. The van der Waals surface area contributed by atoms with Gasteiger partial charge in [0.1, 0.15) is 5.82 Å². The van der Waals surface area contributed by atoms with Crippen LogP contribution in [0.1, 0.15) is 37.8 Å². The number of esters is 1. The number of anilines is 1. The average molecular weight is 398 g/mol. The molecule has 0 radical (unpaired) electrons. The van der Waals surface area contributed by atoms with Crippen molar-refractivity contribution in [2.24, 2.45) is 0 Å². The van der Waals surface area contributed by atoms with E-state index in [2.05, 4.69) is 26.8 Å². The number of hydrogen-bond acceptors (Lipinski definition) is 7. The van der Waals surface area contributed by atoms with Crippen molar-refractivity contribution in [1.29, 1.82) is 0 Å². The van der Waals surface area contributed by atoms with Crippen molar-refractivity contribution in [3.63, 3.8) is 0 Å². The fourth-order valence-electron chi connectivity index (χ4n) is 3.07. The number of carbonyl (C=O) groups excluding carboxylic acids is 1. The first-order valence-corrected chi connectivity index (χ1v) is 9.87. The molecule has 0 saturated carbocycles. The number of fused-ring (bicyclic) bond motifs is 1. The third-order valence-electron chi connectivity index (χ3n) is 4.16. The Balaban J connectivity index is 2.17. The van der Waals surface area contributed by atoms with Crippen molar-refractivity contribution in [2.45, 2.75) is 37.9 Å². The quantitative estimate of drug-likeness (QED) is 0.334. The molecule has 0 unspecified atom stereocenters. The van der Waals surface area contributed by atoms with Gasteiger partial charge >= 0.3 is 5.97 Å². The minimum atomic E-state index is -0.597. The number of carbonyl (C=O) groups is 1. The molecule has 2 aromatic rings.